The Hall–Kier alpha value is -1.15. The van der Waals surface area contributed by atoms with Gasteiger partial charge in [0.25, 0.3) is 0 Å². The highest BCUT2D eigenvalue weighted by Crippen LogP contribution is 2.23. The maximum absolute atomic E-state index is 12.4. The zero-order valence-electron chi connectivity index (χ0n) is 13.8. The Kier molecular flexibility index (Phi) is 8.15. The number of amides is 1. The standard InChI is InChI=1S/C16H25N3O3S.ClH/c1-19(23(21,22)14-8-3-2-4-9-14)12-16(20)18-15-10-6-5-7-13(15)11-17;/h2-4,8-9,13,15H,5-7,10-12,17H2,1H3,(H,18,20);1H. The Balaban J connectivity index is 0.00000288. The van der Waals surface area contributed by atoms with Crippen molar-refractivity contribution < 1.29 is 13.2 Å². The van der Waals surface area contributed by atoms with Gasteiger partial charge in [-0.3, -0.25) is 4.79 Å². The maximum atomic E-state index is 12.4. The minimum atomic E-state index is -3.65. The van der Waals surface area contributed by atoms with E-state index in [0.717, 1.165) is 30.0 Å². The average molecular weight is 376 g/mol. The monoisotopic (exact) mass is 375 g/mol. The largest absolute Gasteiger partial charge is 0.352 e. The van der Waals surface area contributed by atoms with Crippen molar-refractivity contribution >= 4 is 28.3 Å². The molecule has 136 valence electrons. The summed E-state index contributed by atoms with van der Waals surface area (Å²) in [6, 6.07) is 8.17. The molecule has 1 saturated carbocycles. The third kappa shape index (κ3) is 5.17. The number of carbonyl (C=O) groups is 1. The lowest BCUT2D eigenvalue weighted by molar-refractivity contribution is -0.122. The van der Waals surface area contributed by atoms with E-state index >= 15 is 0 Å². The topological polar surface area (TPSA) is 92.5 Å². The van der Waals surface area contributed by atoms with Crippen LogP contribution in [0.15, 0.2) is 35.2 Å². The molecule has 24 heavy (non-hydrogen) atoms. The van der Waals surface area contributed by atoms with Gasteiger partial charge >= 0.3 is 0 Å². The summed E-state index contributed by atoms with van der Waals surface area (Å²) in [6.07, 6.45) is 4.12. The molecule has 6 nitrogen and oxygen atoms in total. The molecule has 2 unspecified atom stereocenters. The van der Waals surface area contributed by atoms with Crippen LogP contribution in [0, 0.1) is 5.92 Å². The van der Waals surface area contributed by atoms with E-state index in [1.54, 1.807) is 18.2 Å². The number of nitrogens with zero attached hydrogens (tertiary/aromatic N) is 1. The van der Waals surface area contributed by atoms with Crippen LogP contribution in [-0.2, 0) is 14.8 Å². The Morgan fingerprint density at radius 2 is 1.88 bits per heavy atom. The number of nitrogens with one attached hydrogen (secondary N) is 1. The number of hydrogen-bond donors (Lipinski definition) is 2. The second-order valence-electron chi connectivity index (χ2n) is 6.03. The molecule has 8 heteroatoms. The van der Waals surface area contributed by atoms with Crippen LogP contribution in [0.25, 0.3) is 0 Å². The first kappa shape index (κ1) is 20.9. The quantitative estimate of drug-likeness (QED) is 0.785. The van der Waals surface area contributed by atoms with E-state index in [4.69, 9.17) is 5.73 Å². The van der Waals surface area contributed by atoms with Crippen LogP contribution in [0.5, 0.6) is 0 Å². The minimum absolute atomic E-state index is 0. The summed E-state index contributed by atoms with van der Waals surface area (Å²) in [6.45, 7) is 0.355. The van der Waals surface area contributed by atoms with E-state index in [1.165, 1.54) is 19.2 Å². The average Bonchev–Trinajstić information content (AvgIpc) is 2.56. The van der Waals surface area contributed by atoms with Crippen LogP contribution in [0.4, 0.5) is 0 Å². The molecule has 0 heterocycles. The molecule has 1 amide bonds. The minimum Gasteiger partial charge on any atom is -0.352 e. The lowest BCUT2D eigenvalue weighted by atomic mass is 9.84. The van der Waals surface area contributed by atoms with Crippen molar-refractivity contribution in [2.24, 2.45) is 11.7 Å². The molecule has 2 atom stereocenters. The molecule has 1 fully saturated rings. The SMILES string of the molecule is CN(CC(=O)NC1CCCCC1CN)S(=O)(=O)c1ccccc1.Cl. The molecule has 0 aliphatic heterocycles. The number of hydrogen-bond acceptors (Lipinski definition) is 4. The fourth-order valence-corrected chi connectivity index (χ4v) is 4.14. The smallest absolute Gasteiger partial charge is 0.243 e. The predicted octanol–water partition coefficient (Wildman–Crippen LogP) is 1.36. The zero-order chi connectivity index (χ0) is 16.9. The summed E-state index contributed by atoms with van der Waals surface area (Å²) in [5, 5.41) is 2.95. The van der Waals surface area contributed by atoms with E-state index < -0.39 is 10.0 Å². The third-order valence-corrected chi connectivity index (χ3v) is 6.19. The highest BCUT2D eigenvalue weighted by molar-refractivity contribution is 7.89. The number of halogens is 1. The Bertz CT molecular complexity index is 625. The van der Waals surface area contributed by atoms with Crippen molar-refractivity contribution in [3.63, 3.8) is 0 Å². The van der Waals surface area contributed by atoms with Gasteiger partial charge in [0.2, 0.25) is 15.9 Å². The van der Waals surface area contributed by atoms with Crippen molar-refractivity contribution in [3.05, 3.63) is 30.3 Å². The first-order valence-corrected chi connectivity index (χ1v) is 9.40. The summed E-state index contributed by atoms with van der Waals surface area (Å²) >= 11 is 0. The van der Waals surface area contributed by atoms with E-state index in [-0.39, 0.29) is 41.7 Å². The van der Waals surface area contributed by atoms with Gasteiger partial charge < -0.3 is 11.1 Å². The molecule has 1 aromatic rings. The Morgan fingerprint density at radius 1 is 1.25 bits per heavy atom. The highest BCUT2D eigenvalue weighted by Gasteiger charge is 2.27. The van der Waals surface area contributed by atoms with Crippen LogP contribution in [-0.4, -0.2) is 44.8 Å². The number of nitrogens with two attached hydrogens (primary N) is 1. The molecular weight excluding hydrogens is 350 g/mol. The van der Waals surface area contributed by atoms with Gasteiger partial charge in [0.1, 0.15) is 0 Å². The fourth-order valence-electron chi connectivity index (χ4n) is 2.99. The van der Waals surface area contributed by atoms with E-state index in [0.29, 0.717) is 6.54 Å². The summed E-state index contributed by atoms with van der Waals surface area (Å²) in [7, 11) is -2.23. The summed E-state index contributed by atoms with van der Waals surface area (Å²) in [5.41, 5.74) is 5.76. The van der Waals surface area contributed by atoms with E-state index in [2.05, 4.69) is 5.32 Å². The first-order valence-electron chi connectivity index (χ1n) is 7.96. The first-order chi connectivity index (χ1) is 10.9. The molecule has 1 aliphatic rings. The number of likely N-dealkylation sites (N-methyl/N-ethyl adjacent to an activating group) is 1. The summed E-state index contributed by atoms with van der Waals surface area (Å²) < 4.78 is 25.9. The van der Waals surface area contributed by atoms with Crippen molar-refractivity contribution in [1.82, 2.24) is 9.62 Å². The summed E-state index contributed by atoms with van der Waals surface area (Å²) in [4.78, 5) is 12.4. The van der Waals surface area contributed by atoms with Crippen molar-refractivity contribution in [1.29, 1.82) is 0 Å². The molecule has 0 saturated heterocycles. The van der Waals surface area contributed by atoms with Gasteiger partial charge in [-0.2, -0.15) is 4.31 Å². The Labute approximate surface area is 150 Å². The van der Waals surface area contributed by atoms with Gasteiger partial charge in [-0.05, 0) is 37.4 Å². The van der Waals surface area contributed by atoms with Gasteiger partial charge in [0, 0.05) is 13.1 Å². The normalized spacial score (nSPS) is 21.1. The highest BCUT2D eigenvalue weighted by atomic mass is 35.5. The molecule has 0 spiro atoms. The van der Waals surface area contributed by atoms with Crippen molar-refractivity contribution in [2.75, 3.05) is 20.1 Å². The number of rotatable bonds is 6. The molecule has 0 radical (unpaired) electrons. The van der Waals surface area contributed by atoms with Crippen LogP contribution >= 0.6 is 12.4 Å². The van der Waals surface area contributed by atoms with Gasteiger partial charge in [0.05, 0.1) is 11.4 Å². The third-order valence-electron chi connectivity index (χ3n) is 4.38. The van der Waals surface area contributed by atoms with Crippen LogP contribution < -0.4 is 11.1 Å². The van der Waals surface area contributed by atoms with Gasteiger partial charge in [-0.25, -0.2) is 8.42 Å². The lowest BCUT2D eigenvalue weighted by Gasteiger charge is -2.31. The molecule has 3 N–H and O–H groups in total. The fraction of sp³-hybridized carbons (Fsp3) is 0.562. The summed E-state index contributed by atoms with van der Waals surface area (Å²) in [5.74, 6) is 0.00101. The Morgan fingerprint density at radius 3 is 2.50 bits per heavy atom. The number of sulfonamides is 1. The predicted molar refractivity (Wildman–Crippen MR) is 96.4 cm³/mol. The molecule has 0 bridgehead atoms. The zero-order valence-corrected chi connectivity index (χ0v) is 15.5. The molecular formula is C16H26ClN3O3S. The second-order valence-corrected chi connectivity index (χ2v) is 8.07. The second kappa shape index (κ2) is 9.36. The number of benzene rings is 1. The molecule has 1 aliphatic carbocycles. The van der Waals surface area contributed by atoms with Crippen molar-refractivity contribution in [3.8, 4) is 0 Å². The van der Waals surface area contributed by atoms with Crippen LogP contribution in [0.2, 0.25) is 0 Å². The molecule has 0 aromatic heterocycles. The lowest BCUT2D eigenvalue weighted by Crippen LogP contribution is -2.48. The van der Waals surface area contributed by atoms with Gasteiger partial charge in [-0.1, -0.05) is 31.0 Å². The van der Waals surface area contributed by atoms with Crippen LogP contribution in [0.3, 0.4) is 0 Å². The molecule has 1 aromatic carbocycles. The van der Waals surface area contributed by atoms with Gasteiger partial charge in [-0.15, -0.1) is 12.4 Å². The van der Waals surface area contributed by atoms with Crippen molar-refractivity contribution in [2.45, 2.75) is 36.6 Å². The van der Waals surface area contributed by atoms with Gasteiger partial charge in [0.15, 0.2) is 0 Å². The van der Waals surface area contributed by atoms with E-state index in [9.17, 15) is 13.2 Å². The maximum Gasteiger partial charge on any atom is 0.243 e. The van der Waals surface area contributed by atoms with E-state index in [1.807, 2.05) is 0 Å². The van der Waals surface area contributed by atoms with Crippen LogP contribution in [0.1, 0.15) is 25.7 Å². The molecule has 2 rings (SSSR count). The number of carbonyl (C=O) groups excluding carboxylic acids is 1.